The second-order valence-electron chi connectivity index (χ2n) is 4.13. The molecule has 8 nitrogen and oxygen atoms in total. The number of rotatable bonds is 4. The molecule has 0 radical (unpaired) electrons. The number of hydrogen-bond acceptors (Lipinski definition) is 7. The molecular formula is C12H16N6O2. The Labute approximate surface area is 115 Å². The number of benzene rings is 1. The summed E-state index contributed by atoms with van der Waals surface area (Å²) in [5.74, 6) is 0.571. The maximum atomic E-state index is 8.77. The average molecular weight is 276 g/mol. The van der Waals surface area contributed by atoms with Gasteiger partial charge in [-0.2, -0.15) is 5.10 Å². The van der Waals surface area contributed by atoms with Gasteiger partial charge in [0.05, 0.1) is 29.9 Å². The zero-order chi connectivity index (χ0) is 14.7. The van der Waals surface area contributed by atoms with Gasteiger partial charge in [-0.1, -0.05) is 0 Å². The van der Waals surface area contributed by atoms with Crippen LogP contribution in [0.5, 0.6) is 5.75 Å². The normalized spacial score (nSPS) is 16.2. The Morgan fingerprint density at radius 2 is 2.15 bits per heavy atom. The van der Waals surface area contributed by atoms with Gasteiger partial charge in [-0.3, -0.25) is 5.41 Å². The predicted octanol–water partition coefficient (Wildman–Crippen LogP) is 0.203. The topological polar surface area (TPSA) is 133 Å². The molecule has 6 N–H and O–H groups in total. The first-order valence-electron chi connectivity index (χ1n) is 5.91. The fraction of sp³-hybridized carbons (Fsp3) is 0.250. The number of hydrogen-bond donors (Lipinski definition) is 4. The average Bonchev–Trinajstić information content (AvgIpc) is 2.72. The molecule has 20 heavy (non-hydrogen) atoms. The van der Waals surface area contributed by atoms with E-state index in [9.17, 15) is 0 Å². The van der Waals surface area contributed by atoms with Crippen LogP contribution < -0.4 is 16.2 Å². The zero-order valence-corrected chi connectivity index (χ0v) is 11.0. The smallest absolute Gasteiger partial charge is 0.169 e. The zero-order valence-electron chi connectivity index (χ0n) is 11.0. The Morgan fingerprint density at radius 3 is 2.75 bits per heavy atom. The van der Waals surface area contributed by atoms with E-state index in [0.29, 0.717) is 28.5 Å². The molecule has 0 spiro atoms. The largest absolute Gasteiger partial charge is 0.489 e. The summed E-state index contributed by atoms with van der Waals surface area (Å²) in [6, 6.07) is 3.11. The summed E-state index contributed by atoms with van der Waals surface area (Å²) in [5, 5.41) is 21.9. The number of aliphatic hydroxyl groups is 1. The van der Waals surface area contributed by atoms with Crippen molar-refractivity contribution in [2.45, 2.75) is 0 Å². The van der Waals surface area contributed by atoms with E-state index in [1.54, 1.807) is 13.1 Å². The molecule has 1 aromatic rings. The van der Waals surface area contributed by atoms with Crippen LogP contribution in [-0.2, 0) is 0 Å². The molecule has 106 valence electrons. The highest BCUT2D eigenvalue weighted by atomic mass is 16.5. The van der Waals surface area contributed by atoms with Crippen molar-refractivity contribution in [2.24, 2.45) is 10.1 Å². The highest BCUT2D eigenvalue weighted by Crippen LogP contribution is 2.33. The first-order valence-corrected chi connectivity index (χ1v) is 5.91. The van der Waals surface area contributed by atoms with E-state index in [1.165, 1.54) is 17.3 Å². The lowest BCUT2D eigenvalue weighted by atomic mass is 10.2. The maximum Gasteiger partial charge on any atom is 0.169 e. The Hall–Kier alpha value is -2.61. The highest BCUT2D eigenvalue weighted by molar-refractivity contribution is 6.63. The number of anilines is 2. The minimum Gasteiger partial charge on any atom is -0.489 e. The molecule has 8 heteroatoms. The third-order valence-corrected chi connectivity index (χ3v) is 2.67. The molecule has 0 aliphatic carbocycles. The van der Waals surface area contributed by atoms with Crippen LogP contribution in [0.1, 0.15) is 0 Å². The monoisotopic (exact) mass is 276 g/mol. The minimum absolute atomic E-state index is 0.115. The number of nitrogens with one attached hydrogen (secondary N) is 1. The van der Waals surface area contributed by atoms with Crippen LogP contribution in [0.4, 0.5) is 17.1 Å². The van der Waals surface area contributed by atoms with Gasteiger partial charge in [-0.05, 0) is 6.07 Å². The summed E-state index contributed by atoms with van der Waals surface area (Å²) in [7, 11) is 1.66. The van der Waals surface area contributed by atoms with Gasteiger partial charge in [0.2, 0.25) is 0 Å². The molecule has 0 amide bonds. The van der Waals surface area contributed by atoms with Crippen LogP contribution in [0.25, 0.3) is 0 Å². The van der Waals surface area contributed by atoms with Crippen LogP contribution in [0.15, 0.2) is 22.2 Å². The SMILES string of the molecule is CN1N=CC(=Nc2cc(OCCO)c(N)cc2N)C1=N. The Kier molecular flexibility index (Phi) is 3.85. The Balaban J connectivity index is 2.34. The van der Waals surface area contributed by atoms with Gasteiger partial charge in [0, 0.05) is 13.1 Å². The molecule has 1 heterocycles. The third kappa shape index (κ3) is 2.69. The van der Waals surface area contributed by atoms with Crippen molar-refractivity contribution >= 4 is 34.8 Å². The molecule has 0 atom stereocenters. The van der Waals surface area contributed by atoms with Gasteiger partial charge < -0.3 is 21.3 Å². The van der Waals surface area contributed by atoms with Gasteiger partial charge in [0.15, 0.2) is 5.84 Å². The molecular weight excluding hydrogens is 260 g/mol. The van der Waals surface area contributed by atoms with Crippen LogP contribution in [0.3, 0.4) is 0 Å². The van der Waals surface area contributed by atoms with Crippen molar-refractivity contribution in [2.75, 3.05) is 31.7 Å². The van der Waals surface area contributed by atoms with Crippen LogP contribution in [0.2, 0.25) is 0 Å². The summed E-state index contributed by atoms with van der Waals surface area (Å²) in [4.78, 5) is 4.28. The molecule has 0 unspecified atom stereocenters. The fourth-order valence-electron chi connectivity index (χ4n) is 1.62. The van der Waals surface area contributed by atoms with Crippen LogP contribution in [0, 0.1) is 5.41 Å². The van der Waals surface area contributed by atoms with Gasteiger partial charge in [-0.25, -0.2) is 10.0 Å². The third-order valence-electron chi connectivity index (χ3n) is 2.67. The van der Waals surface area contributed by atoms with Crippen molar-refractivity contribution < 1.29 is 9.84 Å². The fourth-order valence-corrected chi connectivity index (χ4v) is 1.62. The van der Waals surface area contributed by atoms with Crippen molar-refractivity contribution in [3.05, 3.63) is 12.1 Å². The minimum atomic E-state index is -0.115. The summed E-state index contributed by atoms with van der Waals surface area (Å²) in [5.41, 5.74) is 13.2. The number of nitrogen functional groups attached to an aromatic ring is 2. The van der Waals surface area contributed by atoms with E-state index in [2.05, 4.69) is 10.1 Å². The molecule has 1 aliphatic rings. The van der Waals surface area contributed by atoms with Crippen molar-refractivity contribution in [3.8, 4) is 5.75 Å². The number of aliphatic imine (C=N–C) groups is 1. The molecule has 0 saturated carbocycles. The van der Waals surface area contributed by atoms with Crippen LogP contribution >= 0.6 is 0 Å². The molecule has 0 saturated heterocycles. The summed E-state index contributed by atoms with van der Waals surface area (Å²) in [6.07, 6.45) is 1.48. The number of amidine groups is 1. The van der Waals surface area contributed by atoms with Crippen molar-refractivity contribution in [1.82, 2.24) is 5.01 Å². The number of nitrogens with two attached hydrogens (primary N) is 2. The molecule has 1 aliphatic heterocycles. The molecule has 0 aromatic heterocycles. The number of hydrazone groups is 1. The Bertz CT molecular complexity index is 596. The molecule has 0 fully saturated rings. The van der Waals surface area contributed by atoms with Gasteiger partial charge in [0.25, 0.3) is 0 Å². The predicted molar refractivity (Wildman–Crippen MR) is 78.9 cm³/mol. The Morgan fingerprint density at radius 1 is 1.40 bits per heavy atom. The first kappa shape index (κ1) is 13.8. The lowest BCUT2D eigenvalue weighted by Gasteiger charge is -2.11. The molecule has 2 rings (SSSR count). The number of aliphatic hydroxyl groups excluding tert-OH is 1. The van der Waals surface area contributed by atoms with Gasteiger partial charge in [-0.15, -0.1) is 0 Å². The van der Waals surface area contributed by atoms with Crippen LogP contribution in [-0.4, -0.2) is 48.1 Å². The van der Waals surface area contributed by atoms with E-state index in [-0.39, 0.29) is 19.0 Å². The molecule has 0 bridgehead atoms. The van der Waals surface area contributed by atoms with Crippen molar-refractivity contribution in [1.29, 1.82) is 5.41 Å². The summed E-state index contributed by atoms with van der Waals surface area (Å²) >= 11 is 0. The quantitative estimate of drug-likeness (QED) is 0.583. The van der Waals surface area contributed by atoms with E-state index in [0.717, 1.165) is 0 Å². The molecule has 1 aromatic carbocycles. The lowest BCUT2D eigenvalue weighted by Crippen LogP contribution is -2.21. The second-order valence-corrected chi connectivity index (χ2v) is 4.13. The van der Waals surface area contributed by atoms with E-state index in [1.807, 2.05) is 0 Å². The van der Waals surface area contributed by atoms with Gasteiger partial charge >= 0.3 is 0 Å². The number of ether oxygens (including phenoxy) is 1. The van der Waals surface area contributed by atoms with E-state index < -0.39 is 0 Å². The number of nitrogens with zero attached hydrogens (tertiary/aromatic N) is 3. The highest BCUT2D eigenvalue weighted by Gasteiger charge is 2.17. The summed E-state index contributed by atoms with van der Waals surface area (Å²) < 4.78 is 5.30. The van der Waals surface area contributed by atoms with Crippen molar-refractivity contribution in [3.63, 3.8) is 0 Å². The lowest BCUT2D eigenvalue weighted by molar-refractivity contribution is 0.202. The maximum absolute atomic E-state index is 8.77. The standard InChI is InChI=1S/C12H16N6O2/c1-18-12(15)10(6-16-18)17-9-5-11(20-3-2-19)8(14)4-7(9)13/h4-6,15,19H,2-3,13-14H2,1H3. The van der Waals surface area contributed by atoms with E-state index >= 15 is 0 Å². The first-order chi connectivity index (χ1) is 9.52. The second kappa shape index (κ2) is 5.57. The summed E-state index contributed by atoms with van der Waals surface area (Å²) in [6.45, 7) is 0.0138. The van der Waals surface area contributed by atoms with E-state index in [4.69, 9.17) is 26.7 Å². The van der Waals surface area contributed by atoms with Gasteiger partial charge in [0.1, 0.15) is 18.1 Å².